The van der Waals surface area contributed by atoms with Crippen LogP contribution < -0.4 is 4.31 Å². The molecule has 9 heteroatoms. The molecule has 0 spiro atoms. The van der Waals surface area contributed by atoms with Crippen LogP contribution >= 0.6 is 11.6 Å². The molecule has 0 aliphatic carbocycles. The molecule has 2 aromatic carbocycles. The number of sulfonamides is 1. The van der Waals surface area contributed by atoms with Crippen LogP contribution in [0.1, 0.15) is 11.1 Å². The lowest BCUT2D eigenvalue weighted by Gasteiger charge is -2.25. The van der Waals surface area contributed by atoms with Crippen molar-refractivity contribution in [2.24, 2.45) is 0 Å². The average Bonchev–Trinajstić information content (AvgIpc) is 2.52. The summed E-state index contributed by atoms with van der Waals surface area (Å²) < 4.78 is 65.2. The van der Waals surface area contributed by atoms with Crippen LogP contribution in [0.4, 0.5) is 18.9 Å². The molecule has 2 aromatic rings. The van der Waals surface area contributed by atoms with E-state index in [1.54, 1.807) is 19.1 Å². The SMILES string of the molecule is Cc1ccc(S(=O)(=O)N(CCO)c2cc(C(F)(F)F)ccc2Cl)cc1. The molecule has 0 amide bonds. The van der Waals surface area contributed by atoms with E-state index in [2.05, 4.69) is 0 Å². The number of rotatable bonds is 5. The van der Waals surface area contributed by atoms with Gasteiger partial charge in [0.2, 0.25) is 0 Å². The summed E-state index contributed by atoms with van der Waals surface area (Å²) in [6, 6.07) is 8.22. The first-order valence-corrected chi connectivity index (χ1v) is 8.96. The lowest BCUT2D eigenvalue weighted by atomic mass is 10.2. The van der Waals surface area contributed by atoms with Crippen molar-refractivity contribution in [2.45, 2.75) is 18.0 Å². The Morgan fingerprint density at radius 1 is 1.12 bits per heavy atom. The minimum atomic E-state index is -4.65. The summed E-state index contributed by atoms with van der Waals surface area (Å²) in [4.78, 5) is -0.111. The molecule has 0 atom stereocenters. The van der Waals surface area contributed by atoms with E-state index >= 15 is 0 Å². The van der Waals surface area contributed by atoms with Crippen LogP contribution in [-0.4, -0.2) is 26.7 Å². The summed E-state index contributed by atoms with van der Waals surface area (Å²) in [5.41, 5.74) is -0.551. The van der Waals surface area contributed by atoms with Crippen molar-refractivity contribution in [3.8, 4) is 0 Å². The second-order valence-corrected chi connectivity index (χ2v) is 7.55. The molecule has 0 aliphatic rings. The molecule has 2 rings (SSSR count). The maximum absolute atomic E-state index is 13.0. The van der Waals surface area contributed by atoms with Crippen LogP contribution in [0.15, 0.2) is 47.4 Å². The third kappa shape index (κ3) is 4.26. The molecule has 0 saturated carbocycles. The zero-order chi connectivity index (χ0) is 18.8. The molecular weight excluding hydrogens is 379 g/mol. The smallest absolute Gasteiger partial charge is 0.394 e. The summed E-state index contributed by atoms with van der Waals surface area (Å²) in [6.07, 6.45) is -4.65. The Bertz CT molecular complexity index is 852. The molecule has 0 saturated heterocycles. The molecular formula is C16H15ClF3NO3S. The van der Waals surface area contributed by atoms with Crippen LogP contribution in [0.5, 0.6) is 0 Å². The van der Waals surface area contributed by atoms with E-state index in [0.717, 1.165) is 17.7 Å². The first-order chi connectivity index (χ1) is 11.6. The van der Waals surface area contributed by atoms with Gasteiger partial charge in [-0.05, 0) is 37.3 Å². The van der Waals surface area contributed by atoms with E-state index in [1.165, 1.54) is 12.1 Å². The number of nitrogens with zero attached hydrogens (tertiary/aromatic N) is 1. The largest absolute Gasteiger partial charge is 0.416 e. The van der Waals surface area contributed by atoms with Crippen LogP contribution in [0.3, 0.4) is 0 Å². The first kappa shape index (κ1) is 19.6. The second-order valence-electron chi connectivity index (χ2n) is 5.28. The highest BCUT2D eigenvalue weighted by Gasteiger charge is 2.33. The van der Waals surface area contributed by atoms with Gasteiger partial charge in [0.1, 0.15) is 0 Å². The maximum atomic E-state index is 13.0. The summed E-state index contributed by atoms with van der Waals surface area (Å²) in [5.74, 6) is 0. The van der Waals surface area contributed by atoms with Gasteiger partial charge in [-0.15, -0.1) is 0 Å². The minimum Gasteiger partial charge on any atom is -0.394 e. The fourth-order valence-electron chi connectivity index (χ4n) is 2.18. The predicted molar refractivity (Wildman–Crippen MR) is 89.3 cm³/mol. The van der Waals surface area contributed by atoms with Gasteiger partial charge in [-0.1, -0.05) is 29.3 Å². The van der Waals surface area contributed by atoms with Crippen LogP contribution in [0.25, 0.3) is 0 Å². The van der Waals surface area contributed by atoms with Crippen LogP contribution in [0.2, 0.25) is 5.02 Å². The molecule has 0 unspecified atom stereocenters. The molecule has 25 heavy (non-hydrogen) atoms. The average molecular weight is 394 g/mol. The zero-order valence-corrected chi connectivity index (χ0v) is 14.7. The maximum Gasteiger partial charge on any atom is 0.416 e. The number of alkyl halides is 3. The van der Waals surface area contributed by atoms with E-state index in [1.807, 2.05) is 0 Å². The summed E-state index contributed by atoms with van der Waals surface area (Å²) in [5, 5.41) is 9.03. The van der Waals surface area contributed by atoms with Crippen molar-refractivity contribution in [3.63, 3.8) is 0 Å². The molecule has 0 heterocycles. The Hall–Kier alpha value is -1.77. The Kier molecular flexibility index (Phi) is 5.65. The first-order valence-electron chi connectivity index (χ1n) is 7.14. The molecule has 136 valence electrons. The number of aryl methyl sites for hydroxylation is 1. The topological polar surface area (TPSA) is 57.6 Å². The van der Waals surface area contributed by atoms with Gasteiger partial charge in [0.15, 0.2) is 0 Å². The van der Waals surface area contributed by atoms with Gasteiger partial charge in [0, 0.05) is 0 Å². The van der Waals surface area contributed by atoms with Crippen LogP contribution in [-0.2, 0) is 16.2 Å². The van der Waals surface area contributed by atoms with Crippen molar-refractivity contribution in [1.29, 1.82) is 0 Å². The monoisotopic (exact) mass is 393 g/mol. The lowest BCUT2D eigenvalue weighted by molar-refractivity contribution is -0.137. The Morgan fingerprint density at radius 2 is 1.72 bits per heavy atom. The van der Waals surface area contributed by atoms with Gasteiger partial charge in [0.25, 0.3) is 10.0 Å². The van der Waals surface area contributed by atoms with Gasteiger partial charge in [-0.25, -0.2) is 8.42 Å². The summed E-state index contributed by atoms with van der Waals surface area (Å²) in [7, 11) is -4.20. The van der Waals surface area contributed by atoms with E-state index < -0.39 is 34.9 Å². The van der Waals surface area contributed by atoms with Gasteiger partial charge >= 0.3 is 6.18 Å². The van der Waals surface area contributed by atoms with Crippen molar-refractivity contribution < 1.29 is 26.7 Å². The number of halogens is 4. The van der Waals surface area contributed by atoms with E-state index in [9.17, 15) is 26.7 Å². The predicted octanol–water partition coefficient (Wildman–Crippen LogP) is 3.85. The van der Waals surface area contributed by atoms with E-state index in [4.69, 9.17) is 11.6 Å². The highest BCUT2D eigenvalue weighted by atomic mass is 35.5. The molecule has 1 N–H and O–H groups in total. The molecule has 0 bridgehead atoms. The molecule has 0 fully saturated rings. The molecule has 0 aromatic heterocycles. The van der Waals surface area contributed by atoms with Gasteiger partial charge in [-0.2, -0.15) is 13.2 Å². The number of aliphatic hydroxyl groups is 1. The van der Waals surface area contributed by atoms with Gasteiger partial charge < -0.3 is 5.11 Å². The fourth-order valence-corrected chi connectivity index (χ4v) is 3.91. The van der Waals surface area contributed by atoms with Crippen molar-refractivity contribution in [3.05, 3.63) is 58.6 Å². The quantitative estimate of drug-likeness (QED) is 0.839. The zero-order valence-electron chi connectivity index (χ0n) is 13.1. The summed E-state index contributed by atoms with van der Waals surface area (Å²) in [6.45, 7) is 0.750. The highest BCUT2D eigenvalue weighted by Crippen LogP contribution is 2.37. The number of anilines is 1. The minimum absolute atomic E-state index is 0.111. The number of hydrogen-bond acceptors (Lipinski definition) is 3. The highest BCUT2D eigenvalue weighted by molar-refractivity contribution is 7.92. The molecule has 0 aliphatic heterocycles. The van der Waals surface area contributed by atoms with Crippen molar-refractivity contribution >= 4 is 27.3 Å². The molecule has 4 nitrogen and oxygen atoms in total. The number of hydrogen-bond donors (Lipinski definition) is 1. The van der Waals surface area contributed by atoms with Crippen LogP contribution in [0, 0.1) is 6.92 Å². The molecule has 0 radical (unpaired) electrons. The lowest BCUT2D eigenvalue weighted by Crippen LogP contribution is -2.34. The Morgan fingerprint density at radius 3 is 2.24 bits per heavy atom. The second kappa shape index (κ2) is 7.23. The third-order valence-electron chi connectivity index (χ3n) is 3.45. The van der Waals surface area contributed by atoms with Gasteiger partial charge in [-0.3, -0.25) is 4.31 Å². The Labute approximate surface area is 148 Å². The van der Waals surface area contributed by atoms with Gasteiger partial charge in [0.05, 0.1) is 34.3 Å². The van der Waals surface area contributed by atoms with E-state index in [0.29, 0.717) is 10.4 Å². The summed E-state index contributed by atoms with van der Waals surface area (Å²) >= 11 is 5.94. The number of benzene rings is 2. The van der Waals surface area contributed by atoms with Crippen molar-refractivity contribution in [1.82, 2.24) is 0 Å². The number of aliphatic hydroxyl groups excluding tert-OH is 1. The third-order valence-corrected chi connectivity index (χ3v) is 5.60. The standard InChI is InChI=1S/C16H15ClF3NO3S/c1-11-2-5-13(6-3-11)25(23,24)21(8-9-22)15-10-12(16(18,19)20)4-7-14(15)17/h2-7,10,22H,8-9H2,1H3. The van der Waals surface area contributed by atoms with Crippen molar-refractivity contribution in [2.75, 3.05) is 17.5 Å². The van der Waals surface area contributed by atoms with E-state index in [-0.39, 0.29) is 15.6 Å². The Balaban J connectivity index is 2.60. The fraction of sp³-hybridized carbons (Fsp3) is 0.250. The normalized spacial score (nSPS) is 12.2.